The van der Waals surface area contributed by atoms with Crippen molar-refractivity contribution in [2.45, 2.75) is 39.5 Å². The highest BCUT2D eigenvalue weighted by molar-refractivity contribution is 5.87. The Labute approximate surface area is 178 Å². The fraction of sp³-hybridized carbons (Fsp3) is 0.619. The lowest BCUT2D eigenvalue weighted by Gasteiger charge is -2.16. The fourth-order valence-corrected chi connectivity index (χ4v) is 1.90. The average molecular weight is 427 g/mol. The van der Waals surface area contributed by atoms with Crippen LogP contribution in [0.25, 0.3) is 0 Å². The molecule has 0 spiro atoms. The molecular formula is C21H33NO8. The number of hydrogen-bond acceptors (Lipinski definition) is 9. The van der Waals surface area contributed by atoms with Crippen molar-refractivity contribution < 1.29 is 38.1 Å². The molecule has 0 aromatic heterocycles. The van der Waals surface area contributed by atoms with Crippen molar-refractivity contribution in [3.8, 4) is 0 Å². The summed E-state index contributed by atoms with van der Waals surface area (Å²) in [6, 6.07) is 0. The van der Waals surface area contributed by atoms with Crippen molar-refractivity contribution in [3.63, 3.8) is 0 Å². The molecule has 0 N–H and O–H groups in total. The SMILES string of the molecule is C=C(C)C(=O)OCCCC(=O)OCCN(C)CCOC(=O)CCCOC(=O)C(=C)C. The van der Waals surface area contributed by atoms with Crippen LogP contribution in [0.15, 0.2) is 24.3 Å². The van der Waals surface area contributed by atoms with Gasteiger partial charge in [-0.3, -0.25) is 14.5 Å². The van der Waals surface area contributed by atoms with E-state index in [1.807, 2.05) is 11.9 Å². The molecule has 9 heteroatoms. The minimum absolute atomic E-state index is 0.141. The molecule has 0 aromatic carbocycles. The van der Waals surface area contributed by atoms with Crippen LogP contribution in [0.1, 0.15) is 39.5 Å². The topological polar surface area (TPSA) is 108 Å². The number of rotatable bonds is 16. The van der Waals surface area contributed by atoms with Crippen LogP contribution >= 0.6 is 0 Å². The predicted molar refractivity (Wildman–Crippen MR) is 109 cm³/mol. The molecule has 0 amide bonds. The number of likely N-dealkylation sites (N-methyl/N-ethyl adjacent to an activating group) is 1. The molecule has 0 aliphatic rings. The Morgan fingerprint density at radius 2 is 1.03 bits per heavy atom. The summed E-state index contributed by atoms with van der Waals surface area (Å²) in [6.07, 6.45) is 1.09. The molecule has 30 heavy (non-hydrogen) atoms. The van der Waals surface area contributed by atoms with Crippen molar-refractivity contribution in [2.24, 2.45) is 0 Å². The highest BCUT2D eigenvalue weighted by Gasteiger charge is 2.09. The maximum Gasteiger partial charge on any atom is 0.333 e. The number of carbonyl (C=O) groups excluding carboxylic acids is 4. The molecule has 0 saturated carbocycles. The molecule has 0 aliphatic carbocycles. The zero-order valence-electron chi connectivity index (χ0n) is 18.2. The Hall–Kier alpha value is -2.68. The fourth-order valence-electron chi connectivity index (χ4n) is 1.90. The first-order valence-electron chi connectivity index (χ1n) is 9.78. The summed E-state index contributed by atoms with van der Waals surface area (Å²) in [5.41, 5.74) is 0.630. The number of esters is 4. The lowest BCUT2D eigenvalue weighted by atomic mass is 10.3. The Morgan fingerprint density at radius 1 is 0.667 bits per heavy atom. The summed E-state index contributed by atoms with van der Waals surface area (Å²) in [5.74, 6) is -1.68. The van der Waals surface area contributed by atoms with Crippen LogP contribution in [0, 0.1) is 0 Å². The molecule has 0 fully saturated rings. The Bertz CT molecular complexity index is 562. The third kappa shape index (κ3) is 15.3. The van der Waals surface area contributed by atoms with E-state index in [0.29, 0.717) is 37.1 Å². The minimum Gasteiger partial charge on any atom is -0.464 e. The molecule has 0 aromatic rings. The van der Waals surface area contributed by atoms with Gasteiger partial charge < -0.3 is 18.9 Å². The van der Waals surface area contributed by atoms with E-state index in [-0.39, 0.29) is 51.2 Å². The van der Waals surface area contributed by atoms with Crippen LogP contribution < -0.4 is 0 Å². The first kappa shape index (κ1) is 27.3. The van der Waals surface area contributed by atoms with Gasteiger partial charge in [-0.05, 0) is 33.7 Å². The number of carbonyl (C=O) groups is 4. The predicted octanol–water partition coefficient (Wildman–Crippen LogP) is 1.80. The Balaban J connectivity index is 3.65. The van der Waals surface area contributed by atoms with E-state index < -0.39 is 11.9 Å². The second kappa shape index (κ2) is 16.2. The Kier molecular flexibility index (Phi) is 14.7. The quantitative estimate of drug-likeness (QED) is 0.158. The van der Waals surface area contributed by atoms with E-state index >= 15 is 0 Å². The molecule has 0 rings (SSSR count). The lowest BCUT2D eigenvalue weighted by molar-refractivity contribution is -0.147. The summed E-state index contributed by atoms with van der Waals surface area (Å²) in [5, 5.41) is 0. The van der Waals surface area contributed by atoms with Crippen molar-refractivity contribution >= 4 is 23.9 Å². The van der Waals surface area contributed by atoms with Crippen LogP contribution in [0.5, 0.6) is 0 Å². The van der Waals surface area contributed by atoms with Gasteiger partial charge in [-0.1, -0.05) is 13.2 Å². The van der Waals surface area contributed by atoms with E-state index in [9.17, 15) is 19.2 Å². The van der Waals surface area contributed by atoms with Gasteiger partial charge in [-0.25, -0.2) is 9.59 Å². The normalized spacial score (nSPS) is 10.3. The van der Waals surface area contributed by atoms with Crippen molar-refractivity contribution in [1.82, 2.24) is 4.90 Å². The second-order valence-corrected chi connectivity index (χ2v) is 6.78. The Morgan fingerprint density at radius 3 is 1.37 bits per heavy atom. The van der Waals surface area contributed by atoms with Gasteiger partial charge in [-0.2, -0.15) is 0 Å². The first-order valence-corrected chi connectivity index (χ1v) is 9.78. The van der Waals surface area contributed by atoms with Gasteiger partial charge in [-0.15, -0.1) is 0 Å². The van der Waals surface area contributed by atoms with Crippen LogP contribution in [0.3, 0.4) is 0 Å². The minimum atomic E-state index is -0.475. The lowest BCUT2D eigenvalue weighted by Crippen LogP contribution is -2.28. The summed E-state index contributed by atoms with van der Waals surface area (Å²) >= 11 is 0. The van der Waals surface area contributed by atoms with Gasteiger partial charge >= 0.3 is 23.9 Å². The molecule has 0 bridgehead atoms. The molecule has 0 unspecified atom stereocenters. The zero-order chi connectivity index (χ0) is 22.9. The van der Waals surface area contributed by atoms with E-state index in [0.717, 1.165) is 0 Å². The van der Waals surface area contributed by atoms with Gasteiger partial charge in [0.1, 0.15) is 13.2 Å². The van der Waals surface area contributed by atoms with Crippen LogP contribution in [0.4, 0.5) is 0 Å². The largest absolute Gasteiger partial charge is 0.464 e. The summed E-state index contributed by atoms with van der Waals surface area (Å²) < 4.78 is 20.0. The standard InChI is InChI=1S/C21H33NO8/c1-16(2)20(25)29-12-6-8-18(23)27-14-10-22(5)11-15-28-19(24)9-7-13-30-21(26)17(3)4/h1,3,6-15H2,2,4-5H3. The smallest absolute Gasteiger partial charge is 0.333 e. The summed E-state index contributed by atoms with van der Waals surface area (Å²) in [6.45, 7) is 11.7. The van der Waals surface area contributed by atoms with Crippen molar-refractivity contribution in [2.75, 3.05) is 46.6 Å². The second-order valence-electron chi connectivity index (χ2n) is 6.78. The van der Waals surface area contributed by atoms with E-state index in [4.69, 9.17) is 18.9 Å². The van der Waals surface area contributed by atoms with Gasteiger partial charge in [0.15, 0.2) is 0 Å². The van der Waals surface area contributed by atoms with Crippen molar-refractivity contribution in [1.29, 1.82) is 0 Å². The molecule has 170 valence electrons. The number of nitrogens with zero attached hydrogens (tertiary/aromatic N) is 1. The van der Waals surface area contributed by atoms with E-state index in [1.165, 1.54) is 0 Å². The molecule has 0 aliphatic heterocycles. The first-order chi connectivity index (χ1) is 14.1. The maximum absolute atomic E-state index is 11.6. The molecule has 0 saturated heterocycles. The van der Waals surface area contributed by atoms with Crippen molar-refractivity contribution in [3.05, 3.63) is 24.3 Å². The van der Waals surface area contributed by atoms with E-state index in [2.05, 4.69) is 13.2 Å². The molecule has 0 radical (unpaired) electrons. The highest BCUT2D eigenvalue weighted by Crippen LogP contribution is 1.99. The van der Waals surface area contributed by atoms with E-state index in [1.54, 1.807) is 13.8 Å². The molecule has 9 nitrogen and oxygen atoms in total. The third-order valence-electron chi connectivity index (χ3n) is 3.69. The average Bonchev–Trinajstić information content (AvgIpc) is 2.67. The van der Waals surface area contributed by atoms with Crippen LogP contribution in [-0.2, 0) is 38.1 Å². The molecule has 0 atom stereocenters. The highest BCUT2D eigenvalue weighted by atomic mass is 16.5. The van der Waals surface area contributed by atoms with Crippen LogP contribution in [-0.4, -0.2) is 75.3 Å². The molecule has 0 heterocycles. The summed E-state index contributed by atoms with van der Waals surface area (Å²) in [4.78, 5) is 47.4. The summed E-state index contributed by atoms with van der Waals surface area (Å²) in [7, 11) is 1.82. The third-order valence-corrected chi connectivity index (χ3v) is 3.69. The van der Waals surface area contributed by atoms with Crippen LogP contribution in [0.2, 0.25) is 0 Å². The number of ether oxygens (including phenoxy) is 4. The van der Waals surface area contributed by atoms with Gasteiger partial charge in [0, 0.05) is 37.1 Å². The van der Waals surface area contributed by atoms with Gasteiger partial charge in [0.2, 0.25) is 0 Å². The zero-order valence-corrected chi connectivity index (χ0v) is 18.2. The number of hydrogen-bond donors (Lipinski definition) is 0. The van der Waals surface area contributed by atoms with Gasteiger partial charge in [0.25, 0.3) is 0 Å². The monoisotopic (exact) mass is 427 g/mol. The molecular weight excluding hydrogens is 394 g/mol. The van der Waals surface area contributed by atoms with Gasteiger partial charge in [0.05, 0.1) is 13.2 Å². The maximum atomic E-state index is 11.6.